The second-order valence-electron chi connectivity index (χ2n) is 9.10. The molecule has 39 heavy (non-hydrogen) atoms. The Morgan fingerprint density at radius 1 is 0.795 bits per heavy atom. The standard InChI is InChI=1S/C31H38O8/c1-4-6-18-26(32)38-25-22-37-31(34-3)30(36-21-24-16-12-9-13-17-24)29(28(25)39-27(33)19-7-5-2)35-20-23-14-10-8-11-15-23/h4-5,8-17,25,28-31H,1-2,6-7,18-22H2,3H3/t25-,28-,29+,30-,31-/m1/s1. The normalized spacial score (nSPS) is 22.8. The number of ether oxygens (including phenoxy) is 6. The van der Waals surface area contributed by atoms with E-state index in [9.17, 15) is 9.59 Å². The van der Waals surface area contributed by atoms with Crippen molar-refractivity contribution in [3.8, 4) is 0 Å². The second-order valence-corrected chi connectivity index (χ2v) is 9.10. The molecule has 0 aliphatic carbocycles. The van der Waals surface area contributed by atoms with E-state index in [1.165, 1.54) is 7.11 Å². The molecule has 1 heterocycles. The summed E-state index contributed by atoms with van der Waals surface area (Å²) in [6.07, 6.45) is -0.110. The molecule has 0 amide bonds. The lowest BCUT2D eigenvalue weighted by Crippen LogP contribution is -2.52. The van der Waals surface area contributed by atoms with Gasteiger partial charge in [0.2, 0.25) is 0 Å². The summed E-state index contributed by atoms with van der Waals surface area (Å²) in [6, 6.07) is 19.2. The van der Waals surface area contributed by atoms with Gasteiger partial charge in [0.15, 0.2) is 18.5 Å². The third kappa shape index (κ3) is 9.75. The van der Waals surface area contributed by atoms with E-state index in [-0.39, 0.29) is 32.7 Å². The smallest absolute Gasteiger partial charge is 0.306 e. The lowest BCUT2D eigenvalue weighted by Gasteiger charge is -2.35. The topological polar surface area (TPSA) is 89.5 Å². The van der Waals surface area contributed by atoms with Crippen molar-refractivity contribution in [2.24, 2.45) is 0 Å². The van der Waals surface area contributed by atoms with Crippen LogP contribution in [0.15, 0.2) is 86.0 Å². The van der Waals surface area contributed by atoms with Gasteiger partial charge in [0.05, 0.1) is 19.8 Å². The van der Waals surface area contributed by atoms with Crippen LogP contribution >= 0.6 is 0 Å². The molecule has 1 aliphatic heterocycles. The molecular weight excluding hydrogens is 500 g/mol. The summed E-state index contributed by atoms with van der Waals surface area (Å²) in [5.74, 6) is -0.937. The Bertz CT molecular complexity index is 1030. The minimum atomic E-state index is -1.01. The summed E-state index contributed by atoms with van der Waals surface area (Å²) >= 11 is 0. The summed E-state index contributed by atoms with van der Waals surface area (Å²) in [4.78, 5) is 25.5. The molecule has 2 aromatic rings. The van der Waals surface area contributed by atoms with Gasteiger partial charge in [0.1, 0.15) is 12.2 Å². The van der Waals surface area contributed by atoms with Crippen LogP contribution in [0.25, 0.3) is 0 Å². The minimum absolute atomic E-state index is 0.0753. The van der Waals surface area contributed by atoms with Gasteiger partial charge in [-0.3, -0.25) is 9.59 Å². The van der Waals surface area contributed by atoms with Crippen LogP contribution in [0, 0.1) is 0 Å². The zero-order valence-electron chi connectivity index (χ0n) is 22.4. The van der Waals surface area contributed by atoms with Crippen molar-refractivity contribution < 1.29 is 38.0 Å². The molecule has 2 aromatic carbocycles. The van der Waals surface area contributed by atoms with Gasteiger partial charge >= 0.3 is 11.9 Å². The van der Waals surface area contributed by atoms with E-state index in [1.807, 2.05) is 60.7 Å². The lowest BCUT2D eigenvalue weighted by atomic mass is 10.0. The van der Waals surface area contributed by atoms with Crippen molar-refractivity contribution >= 4 is 11.9 Å². The average molecular weight is 539 g/mol. The van der Waals surface area contributed by atoms with E-state index in [0.717, 1.165) is 11.1 Å². The molecule has 1 fully saturated rings. The lowest BCUT2D eigenvalue weighted by molar-refractivity contribution is -0.228. The summed E-state index contributed by atoms with van der Waals surface area (Å²) in [5.41, 5.74) is 1.85. The Morgan fingerprint density at radius 3 is 1.82 bits per heavy atom. The number of rotatable bonds is 15. The molecule has 0 saturated carbocycles. The van der Waals surface area contributed by atoms with Crippen LogP contribution in [0.4, 0.5) is 0 Å². The maximum atomic E-state index is 12.9. The van der Waals surface area contributed by atoms with Crippen LogP contribution in [-0.4, -0.2) is 56.4 Å². The van der Waals surface area contributed by atoms with Gasteiger partial charge in [-0.1, -0.05) is 72.8 Å². The number of benzene rings is 2. The molecule has 0 spiro atoms. The Balaban J connectivity index is 1.94. The molecule has 0 unspecified atom stereocenters. The van der Waals surface area contributed by atoms with Gasteiger partial charge in [0.25, 0.3) is 0 Å². The zero-order chi connectivity index (χ0) is 27.9. The number of carbonyl (C=O) groups excluding carboxylic acids is 2. The molecular formula is C31H38O8. The molecule has 0 radical (unpaired) electrons. The van der Waals surface area contributed by atoms with Gasteiger partial charge in [-0.2, -0.15) is 0 Å². The molecule has 1 saturated heterocycles. The van der Waals surface area contributed by atoms with E-state index in [1.54, 1.807) is 12.2 Å². The number of hydrogen-bond donors (Lipinski definition) is 0. The summed E-state index contributed by atoms with van der Waals surface area (Å²) in [6.45, 7) is 7.69. The number of methoxy groups -OCH3 is 1. The first-order valence-corrected chi connectivity index (χ1v) is 13.1. The highest BCUT2D eigenvalue weighted by Gasteiger charge is 2.48. The van der Waals surface area contributed by atoms with Gasteiger partial charge in [0, 0.05) is 20.0 Å². The van der Waals surface area contributed by atoms with Crippen molar-refractivity contribution in [3.05, 3.63) is 97.1 Å². The van der Waals surface area contributed by atoms with Gasteiger partial charge < -0.3 is 28.4 Å². The van der Waals surface area contributed by atoms with E-state index < -0.39 is 42.6 Å². The Hall–Kier alpha value is -3.30. The number of carbonyl (C=O) groups is 2. The van der Waals surface area contributed by atoms with Gasteiger partial charge in [-0.05, 0) is 24.0 Å². The fourth-order valence-electron chi connectivity index (χ4n) is 4.15. The van der Waals surface area contributed by atoms with Crippen LogP contribution < -0.4 is 0 Å². The first-order valence-electron chi connectivity index (χ1n) is 13.1. The van der Waals surface area contributed by atoms with Gasteiger partial charge in [-0.15, -0.1) is 13.2 Å². The average Bonchev–Trinajstić information content (AvgIpc) is 3.09. The van der Waals surface area contributed by atoms with Crippen molar-refractivity contribution in [1.29, 1.82) is 0 Å². The molecule has 8 heteroatoms. The Morgan fingerprint density at radius 2 is 1.31 bits per heavy atom. The highest BCUT2D eigenvalue weighted by atomic mass is 16.7. The monoisotopic (exact) mass is 538 g/mol. The summed E-state index contributed by atoms with van der Waals surface area (Å²) < 4.78 is 36.1. The molecule has 8 nitrogen and oxygen atoms in total. The highest BCUT2D eigenvalue weighted by molar-refractivity contribution is 5.71. The second kappa shape index (κ2) is 16.6. The maximum absolute atomic E-state index is 12.9. The molecule has 5 atom stereocenters. The van der Waals surface area contributed by atoms with Crippen molar-refractivity contribution in [1.82, 2.24) is 0 Å². The van der Waals surface area contributed by atoms with Gasteiger partial charge in [-0.25, -0.2) is 0 Å². The SMILES string of the molecule is C=CCCC(=O)O[C@H]1[C@H](OCc2ccccc2)[C@@H](OCc2ccccc2)[C@H](OC)OC[C@H]1OC(=O)CCC=C. The Labute approximate surface area is 230 Å². The third-order valence-corrected chi connectivity index (χ3v) is 6.17. The van der Waals surface area contributed by atoms with E-state index in [0.29, 0.717) is 12.8 Å². The summed E-state index contributed by atoms with van der Waals surface area (Å²) in [7, 11) is 1.50. The largest absolute Gasteiger partial charge is 0.456 e. The van der Waals surface area contributed by atoms with Crippen LogP contribution in [0.2, 0.25) is 0 Å². The third-order valence-electron chi connectivity index (χ3n) is 6.17. The van der Waals surface area contributed by atoms with Crippen LogP contribution in [-0.2, 0) is 51.2 Å². The van der Waals surface area contributed by atoms with E-state index in [4.69, 9.17) is 28.4 Å². The molecule has 0 bridgehead atoms. The summed E-state index contributed by atoms with van der Waals surface area (Å²) in [5, 5.41) is 0. The maximum Gasteiger partial charge on any atom is 0.306 e. The van der Waals surface area contributed by atoms with Crippen LogP contribution in [0.5, 0.6) is 0 Å². The predicted molar refractivity (Wildman–Crippen MR) is 145 cm³/mol. The van der Waals surface area contributed by atoms with Crippen molar-refractivity contribution in [2.45, 2.75) is 69.6 Å². The highest BCUT2D eigenvalue weighted by Crippen LogP contribution is 2.29. The van der Waals surface area contributed by atoms with Crippen molar-refractivity contribution in [3.63, 3.8) is 0 Å². The van der Waals surface area contributed by atoms with E-state index in [2.05, 4.69) is 13.2 Å². The van der Waals surface area contributed by atoms with Crippen LogP contribution in [0.1, 0.15) is 36.8 Å². The quantitative estimate of drug-likeness (QED) is 0.233. The van der Waals surface area contributed by atoms with Crippen LogP contribution in [0.3, 0.4) is 0 Å². The zero-order valence-corrected chi connectivity index (χ0v) is 22.4. The predicted octanol–water partition coefficient (Wildman–Crippen LogP) is 4.92. The molecule has 210 valence electrons. The Kier molecular flexibility index (Phi) is 12.9. The molecule has 1 aliphatic rings. The number of allylic oxidation sites excluding steroid dienone is 2. The molecule has 0 N–H and O–H groups in total. The fraction of sp³-hybridized carbons (Fsp3) is 0.419. The number of hydrogen-bond acceptors (Lipinski definition) is 8. The molecule has 3 rings (SSSR count). The minimum Gasteiger partial charge on any atom is -0.456 e. The first kappa shape index (κ1) is 30.2. The van der Waals surface area contributed by atoms with Crippen molar-refractivity contribution in [2.75, 3.05) is 13.7 Å². The number of esters is 2. The fourth-order valence-corrected chi connectivity index (χ4v) is 4.15. The molecule has 0 aromatic heterocycles. The van der Waals surface area contributed by atoms with E-state index >= 15 is 0 Å². The first-order chi connectivity index (χ1) is 19.0.